The third kappa shape index (κ3) is 31.3. The van der Waals surface area contributed by atoms with E-state index >= 15 is 0 Å². The Kier molecular flexibility index (Phi) is 35.3. The van der Waals surface area contributed by atoms with Gasteiger partial charge in [0.25, 0.3) is 0 Å². The van der Waals surface area contributed by atoms with Crippen LogP contribution in [0.4, 0.5) is 0 Å². The van der Waals surface area contributed by atoms with E-state index in [0.717, 1.165) is 17.3 Å². The van der Waals surface area contributed by atoms with Crippen molar-refractivity contribution >= 4 is 70.6 Å². The Hall–Kier alpha value is 1.62. The summed E-state index contributed by atoms with van der Waals surface area (Å²) >= 11 is 9.51. The minimum atomic E-state index is -1.37. The van der Waals surface area contributed by atoms with Crippen molar-refractivity contribution in [2.24, 2.45) is 0 Å². The molecule has 0 bridgehead atoms. The van der Waals surface area contributed by atoms with Crippen LogP contribution in [-0.4, -0.2) is 206 Å². The summed E-state index contributed by atoms with van der Waals surface area (Å²) in [6.07, 6.45) is -3.72. The van der Waals surface area contributed by atoms with Gasteiger partial charge in [0, 0.05) is 74.6 Å². The van der Waals surface area contributed by atoms with Gasteiger partial charge in [-0.05, 0) is 0 Å². The second-order valence-electron chi connectivity index (χ2n) is 9.76. The lowest BCUT2D eigenvalue weighted by atomic mass is 10.4. The third-order valence-corrected chi connectivity index (χ3v) is 13.5. The topological polar surface area (TPSA) is 199 Å². The SMILES string of the molecule is COCCOCC(CSCCOCC(CSCC(O)CO)SCC(O)CO)SCCOCC(CSCC(O)O)SCC(O)CO. The Bertz CT molecular complexity index is 623. The predicted molar refractivity (Wildman–Crippen MR) is 193 cm³/mol. The summed E-state index contributed by atoms with van der Waals surface area (Å²) in [5.74, 6) is 5.18. The fourth-order valence-corrected chi connectivity index (χ4v) is 9.80. The van der Waals surface area contributed by atoms with Crippen LogP contribution < -0.4 is 0 Å². The van der Waals surface area contributed by atoms with E-state index in [9.17, 15) is 15.3 Å². The summed E-state index contributed by atoms with van der Waals surface area (Å²) in [5, 5.41) is 74.7. The van der Waals surface area contributed by atoms with E-state index < -0.39 is 24.6 Å². The minimum absolute atomic E-state index is 0.0483. The minimum Gasteiger partial charge on any atom is -0.394 e. The molecule has 0 saturated heterocycles. The van der Waals surface area contributed by atoms with Crippen molar-refractivity contribution in [3.63, 3.8) is 0 Å². The van der Waals surface area contributed by atoms with E-state index in [-0.39, 0.29) is 41.3 Å². The Morgan fingerprint density at radius 1 is 0.467 bits per heavy atom. The van der Waals surface area contributed by atoms with Gasteiger partial charge in [-0.3, -0.25) is 0 Å². The normalized spacial score (nSPS) is 16.1. The van der Waals surface area contributed by atoms with E-state index in [2.05, 4.69) is 0 Å². The molecule has 0 saturated carbocycles. The molecule has 0 aromatic carbocycles. The lowest BCUT2D eigenvalue weighted by Crippen LogP contribution is -2.24. The molecule has 0 aromatic heterocycles. The number of hydrogen-bond acceptors (Lipinski definition) is 18. The lowest BCUT2D eigenvalue weighted by Gasteiger charge is -2.20. The number of methoxy groups -OCH3 is 1. The molecule has 0 heterocycles. The van der Waals surface area contributed by atoms with Crippen LogP contribution in [0, 0.1) is 0 Å². The van der Waals surface area contributed by atoms with Gasteiger partial charge in [0.15, 0.2) is 6.29 Å². The number of aliphatic hydroxyl groups excluding tert-OH is 7. The molecule has 8 N–H and O–H groups in total. The zero-order valence-corrected chi connectivity index (χ0v) is 31.0. The van der Waals surface area contributed by atoms with E-state index in [1.54, 1.807) is 30.6 Å². The molecule has 0 spiro atoms. The largest absolute Gasteiger partial charge is 0.394 e. The maximum Gasteiger partial charge on any atom is 0.160 e. The van der Waals surface area contributed by atoms with Crippen LogP contribution in [0.5, 0.6) is 0 Å². The van der Waals surface area contributed by atoms with Gasteiger partial charge in [-0.1, -0.05) is 0 Å². The first-order valence-electron chi connectivity index (χ1n) is 14.8. The highest BCUT2D eigenvalue weighted by atomic mass is 32.2. The molecule has 0 rings (SSSR count). The zero-order valence-electron chi connectivity index (χ0n) is 26.1. The van der Waals surface area contributed by atoms with Crippen molar-refractivity contribution in [3.8, 4) is 0 Å². The summed E-state index contributed by atoms with van der Waals surface area (Å²) in [7, 11) is 1.64. The number of ether oxygens (including phenoxy) is 4. The van der Waals surface area contributed by atoms with Crippen LogP contribution in [-0.2, 0) is 18.9 Å². The molecule has 0 radical (unpaired) electrons. The summed E-state index contributed by atoms with van der Waals surface area (Å²) in [4.78, 5) is 0. The van der Waals surface area contributed by atoms with Crippen LogP contribution in [0.1, 0.15) is 0 Å². The summed E-state index contributed by atoms with van der Waals surface area (Å²) in [5.41, 5.74) is 0. The van der Waals surface area contributed by atoms with Crippen molar-refractivity contribution in [1.29, 1.82) is 0 Å². The first kappa shape index (κ1) is 46.6. The maximum absolute atomic E-state index is 9.70. The molecule has 6 atom stereocenters. The van der Waals surface area contributed by atoms with Gasteiger partial charge < -0.3 is 59.8 Å². The van der Waals surface area contributed by atoms with E-state index in [4.69, 9.17) is 44.5 Å². The van der Waals surface area contributed by atoms with Gasteiger partial charge in [0.2, 0.25) is 0 Å². The molecule has 0 fully saturated rings. The Labute approximate surface area is 294 Å². The maximum atomic E-state index is 9.70. The second-order valence-corrected chi connectivity index (χ2v) is 17.1. The first-order valence-corrected chi connectivity index (χ1v) is 21.4. The highest BCUT2D eigenvalue weighted by Gasteiger charge is 2.16. The van der Waals surface area contributed by atoms with Crippen LogP contribution in [0.3, 0.4) is 0 Å². The van der Waals surface area contributed by atoms with Crippen LogP contribution in [0.2, 0.25) is 0 Å². The number of thioether (sulfide) groups is 6. The van der Waals surface area contributed by atoms with Gasteiger partial charge in [0.05, 0.1) is 84.4 Å². The molecule has 12 nitrogen and oxygen atoms in total. The van der Waals surface area contributed by atoms with Crippen molar-refractivity contribution in [1.82, 2.24) is 0 Å². The molecule has 0 amide bonds. The molecule has 0 aliphatic carbocycles. The van der Waals surface area contributed by atoms with Gasteiger partial charge in [-0.2, -0.15) is 70.6 Å². The summed E-state index contributed by atoms with van der Waals surface area (Å²) in [6, 6.07) is 0. The van der Waals surface area contributed by atoms with Crippen molar-refractivity contribution < 1.29 is 59.8 Å². The fourth-order valence-electron chi connectivity index (χ4n) is 3.12. The monoisotopic (exact) mass is 764 g/mol. The molecule has 0 aliphatic rings. The first-order chi connectivity index (χ1) is 21.7. The molecule has 45 heavy (non-hydrogen) atoms. The number of aliphatic hydroxyl groups is 8. The molecule has 18 heteroatoms. The molecular weight excluding hydrogens is 709 g/mol. The predicted octanol–water partition coefficient (Wildman–Crippen LogP) is -0.442. The van der Waals surface area contributed by atoms with Gasteiger partial charge in [0.1, 0.15) is 0 Å². The summed E-state index contributed by atoms with van der Waals surface area (Å²) in [6.45, 7) is 2.81. The van der Waals surface area contributed by atoms with Gasteiger partial charge in [-0.25, -0.2) is 0 Å². The van der Waals surface area contributed by atoms with Gasteiger partial charge >= 0.3 is 0 Å². The van der Waals surface area contributed by atoms with Crippen molar-refractivity contribution in [3.05, 3.63) is 0 Å². The lowest BCUT2D eigenvalue weighted by molar-refractivity contribution is -0.0186. The smallest absolute Gasteiger partial charge is 0.160 e. The van der Waals surface area contributed by atoms with Crippen molar-refractivity contribution in [2.45, 2.75) is 40.4 Å². The molecule has 272 valence electrons. The number of hydrogen-bond donors (Lipinski definition) is 8. The van der Waals surface area contributed by atoms with Crippen LogP contribution >= 0.6 is 70.6 Å². The fraction of sp³-hybridized carbons (Fsp3) is 1.00. The molecular formula is C27H56O12S6. The molecule has 0 aliphatic heterocycles. The van der Waals surface area contributed by atoms with Crippen molar-refractivity contribution in [2.75, 3.05) is 125 Å². The van der Waals surface area contributed by atoms with Gasteiger partial charge in [-0.15, -0.1) is 0 Å². The highest BCUT2D eigenvalue weighted by molar-refractivity contribution is 8.04. The Balaban J connectivity index is 4.51. The molecule has 6 unspecified atom stereocenters. The standard InChI is InChI=1S/C27H56O12S6/c1-36-2-3-37-11-24(43-7-5-39-13-26(19-42-20-27(34)35)45-16-23(33)10-30)17-40-6-4-38-12-25(44-15-22(32)9-29)18-41-14-21(31)8-28/h21-35H,2-20H2,1H3. The van der Waals surface area contributed by atoms with E-state index in [0.29, 0.717) is 75.0 Å². The quantitative estimate of drug-likeness (QED) is 0.0305. The van der Waals surface area contributed by atoms with Crippen LogP contribution in [0.15, 0.2) is 0 Å². The van der Waals surface area contributed by atoms with E-state index in [1.165, 1.54) is 47.0 Å². The zero-order chi connectivity index (χ0) is 33.5. The average molecular weight is 765 g/mol. The van der Waals surface area contributed by atoms with E-state index in [1.807, 2.05) is 0 Å². The third-order valence-electron chi connectivity index (χ3n) is 5.47. The summed E-state index contributed by atoms with van der Waals surface area (Å²) < 4.78 is 22.7. The molecule has 0 aromatic rings. The highest BCUT2D eigenvalue weighted by Crippen LogP contribution is 2.22. The average Bonchev–Trinajstić information content (AvgIpc) is 3.03. The second kappa shape index (κ2) is 34.1. The van der Waals surface area contributed by atoms with Crippen LogP contribution in [0.25, 0.3) is 0 Å². The number of rotatable bonds is 35. The Morgan fingerprint density at radius 3 is 1.42 bits per heavy atom. The Morgan fingerprint density at radius 2 is 0.911 bits per heavy atom.